The molecule has 1 aliphatic rings. The molecule has 1 saturated heterocycles. The number of carbonyl (C=O) groups is 1. The molecule has 0 aliphatic carbocycles. The summed E-state index contributed by atoms with van der Waals surface area (Å²) in [6.07, 6.45) is 5.23. The molecule has 7 nitrogen and oxygen atoms in total. The summed E-state index contributed by atoms with van der Waals surface area (Å²) in [5.74, 6) is 0.209. The molecule has 3 aromatic rings. The summed E-state index contributed by atoms with van der Waals surface area (Å²) in [5, 5.41) is 12.0. The van der Waals surface area contributed by atoms with E-state index in [-0.39, 0.29) is 10.9 Å². The maximum atomic E-state index is 12.6. The van der Waals surface area contributed by atoms with E-state index in [1.54, 1.807) is 28.3 Å². The molecule has 1 unspecified atom stereocenters. The third-order valence-corrected chi connectivity index (χ3v) is 5.65. The van der Waals surface area contributed by atoms with Gasteiger partial charge in [-0.2, -0.15) is 0 Å². The second-order valence-corrected chi connectivity index (χ2v) is 7.28. The van der Waals surface area contributed by atoms with Gasteiger partial charge in [-0.3, -0.25) is 9.36 Å². The largest absolute Gasteiger partial charge is 0.477 e. The van der Waals surface area contributed by atoms with Crippen LogP contribution in [-0.4, -0.2) is 38.7 Å². The molecule has 26 heavy (non-hydrogen) atoms. The van der Waals surface area contributed by atoms with Crippen LogP contribution in [0, 0.1) is 5.92 Å². The molecule has 4 rings (SSSR count). The first-order valence-electron chi connectivity index (χ1n) is 8.53. The Kier molecular flexibility index (Phi) is 4.20. The minimum Gasteiger partial charge on any atom is -0.477 e. The van der Waals surface area contributed by atoms with Crippen molar-refractivity contribution < 1.29 is 9.90 Å². The summed E-state index contributed by atoms with van der Waals surface area (Å²) in [6.45, 7) is 4.07. The number of anilines is 1. The number of aromatic carboxylic acids is 1. The third-order valence-electron chi connectivity index (χ3n) is 4.88. The van der Waals surface area contributed by atoms with Crippen LogP contribution in [0.5, 0.6) is 0 Å². The van der Waals surface area contributed by atoms with E-state index in [4.69, 9.17) is 4.98 Å². The highest BCUT2D eigenvalue weighted by atomic mass is 32.1. The Hall–Kier alpha value is -2.74. The number of aromatic nitrogens is 3. The molecule has 1 aliphatic heterocycles. The normalized spacial score (nSPS) is 17.1. The van der Waals surface area contributed by atoms with Crippen molar-refractivity contribution in [2.45, 2.75) is 19.8 Å². The Labute approximate surface area is 153 Å². The number of hydrogen-bond donors (Lipinski definition) is 1. The Bertz CT molecular complexity index is 1030. The van der Waals surface area contributed by atoms with Gasteiger partial charge in [-0.15, -0.1) is 11.3 Å². The van der Waals surface area contributed by atoms with E-state index in [2.05, 4.69) is 16.8 Å². The van der Waals surface area contributed by atoms with Crippen molar-refractivity contribution >= 4 is 34.2 Å². The van der Waals surface area contributed by atoms with Gasteiger partial charge in [0.05, 0.1) is 5.39 Å². The molecule has 0 saturated carbocycles. The molecule has 134 valence electrons. The molecule has 1 atom stereocenters. The number of carboxylic acids is 1. The van der Waals surface area contributed by atoms with Crippen molar-refractivity contribution in [1.29, 1.82) is 0 Å². The first kappa shape index (κ1) is 16.7. The number of carboxylic acid groups (broad SMARTS) is 1. The second kappa shape index (κ2) is 6.53. The lowest BCUT2D eigenvalue weighted by molar-refractivity contribution is 0.0695. The van der Waals surface area contributed by atoms with Crippen LogP contribution in [0.3, 0.4) is 0 Å². The summed E-state index contributed by atoms with van der Waals surface area (Å²) in [5.41, 5.74) is -0.367. The predicted molar refractivity (Wildman–Crippen MR) is 101 cm³/mol. The summed E-state index contributed by atoms with van der Waals surface area (Å²) >= 11 is 1.36. The Balaban J connectivity index is 1.91. The molecule has 1 N–H and O–H groups in total. The maximum Gasteiger partial charge on any atom is 0.341 e. The highest BCUT2D eigenvalue weighted by Gasteiger charge is 2.23. The standard InChI is InChI=1S/C18H18N4O3S/c1-2-11-5-7-21(9-11)14-4-3-12-15(23)13(17(24)25)10-22(16(12)20-14)18-19-6-8-26-18/h3-4,6,8,10-11H,2,5,7,9H2,1H3,(H,24,25). The number of nitrogens with zero attached hydrogens (tertiary/aromatic N) is 4. The van der Waals surface area contributed by atoms with Crippen molar-refractivity contribution in [3.8, 4) is 5.13 Å². The van der Waals surface area contributed by atoms with Gasteiger partial charge in [0.25, 0.3) is 0 Å². The van der Waals surface area contributed by atoms with Gasteiger partial charge in [-0.05, 0) is 24.5 Å². The van der Waals surface area contributed by atoms with E-state index < -0.39 is 11.4 Å². The zero-order chi connectivity index (χ0) is 18.3. The number of pyridine rings is 2. The molecule has 0 amide bonds. The van der Waals surface area contributed by atoms with Crippen LogP contribution >= 0.6 is 11.3 Å². The second-order valence-electron chi connectivity index (χ2n) is 6.41. The van der Waals surface area contributed by atoms with Gasteiger partial charge in [-0.25, -0.2) is 14.8 Å². The topological polar surface area (TPSA) is 88.3 Å². The van der Waals surface area contributed by atoms with Crippen LogP contribution in [0.1, 0.15) is 30.1 Å². The number of thiazole rings is 1. The molecule has 8 heteroatoms. The van der Waals surface area contributed by atoms with E-state index >= 15 is 0 Å². The molecule has 0 bridgehead atoms. The molecule has 0 spiro atoms. The van der Waals surface area contributed by atoms with E-state index in [9.17, 15) is 14.7 Å². The number of fused-ring (bicyclic) bond motifs is 1. The maximum absolute atomic E-state index is 12.6. The molecular weight excluding hydrogens is 352 g/mol. The van der Waals surface area contributed by atoms with Crippen LogP contribution in [0.25, 0.3) is 16.2 Å². The SMILES string of the molecule is CCC1CCN(c2ccc3c(=O)c(C(=O)O)cn(-c4nccs4)c3n2)C1. The molecular formula is C18H18N4O3S. The van der Waals surface area contributed by atoms with Gasteiger partial charge in [0.2, 0.25) is 5.43 Å². The summed E-state index contributed by atoms with van der Waals surface area (Å²) in [7, 11) is 0. The Morgan fingerprint density at radius 2 is 2.27 bits per heavy atom. The summed E-state index contributed by atoms with van der Waals surface area (Å²) in [6, 6.07) is 3.48. The van der Waals surface area contributed by atoms with Crippen LogP contribution in [-0.2, 0) is 0 Å². The van der Waals surface area contributed by atoms with Crippen molar-refractivity contribution in [3.05, 3.63) is 45.7 Å². The highest BCUT2D eigenvalue weighted by Crippen LogP contribution is 2.26. The fraction of sp³-hybridized carbons (Fsp3) is 0.333. The smallest absolute Gasteiger partial charge is 0.341 e. The minimum absolute atomic E-state index is 0.283. The fourth-order valence-corrected chi connectivity index (χ4v) is 3.99. The van der Waals surface area contributed by atoms with Gasteiger partial charge in [0.15, 0.2) is 10.8 Å². The fourth-order valence-electron chi connectivity index (χ4n) is 3.38. The lowest BCUT2D eigenvalue weighted by atomic mass is 10.1. The average molecular weight is 370 g/mol. The summed E-state index contributed by atoms with van der Waals surface area (Å²) in [4.78, 5) is 35.2. The Morgan fingerprint density at radius 3 is 2.92 bits per heavy atom. The van der Waals surface area contributed by atoms with Crippen molar-refractivity contribution in [1.82, 2.24) is 14.5 Å². The van der Waals surface area contributed by atoms with Crippen LogP contribution in [0.15, 0.2) is 34.7 Å². The highest BCUT2D eigenvalue weighted by molar-refractivity contribution is 7.12. The molecule has 1 fully saturated rings. The Morgan fingerprint density at radius 1 is 1.42 bits per heavy atom. The minimum atomic E-state index is -1.25. The molecule has 3 aromatic heterocycles. The van der Waals surface area contributed by atoms with Gasteiger partial charge < -0.3 is 10.0 Å². The number of hydrogen-bond acceptors (Lipinski definition) is 6. The van der Waals surface area contributed by atoms with Gasteiger partial charge >= 0.3 is 5.97 Å². The first-order chi connectivity index (χ1) is 12.6. The number of rotatable bonds is 4. The van der Waals surface area contributed by atoms with Crippen LogP contribution in [0.2, 0.25) is 0 Å². The van der Waals surface area contributed by atoms with Crippen molar-refractivity contribution in [2.24, 2.45) is 5.92 Å². The van der Waals surface area contributed by atoms with Crippen molar-refractivity contribution in [2.75, 3.05) is 18.0 Å². The van der Waals surface area contributed by atoms with E-state index in [0.717, 1.165) is 31.7 Å². The van der Waals surface area contributed by atoms with Gasteiger partial charge in [-0.1, -0.05) is 13.3 Å². The van der Waals surface area contributed by atoms with Crippen LogP contribution < -0.4 is 10.3 Å². The zero-order valence-corrected chi connectivity index (χ0v) is 15.1. The predicted octanol–water partition coefficient (Wildman–Crippen LogP) is 2.78. The monoisotopic (exact) mass is 370 g/mol. The molecule has 0 radical (unpaired) electrons. The average Bonchev–Trinajstić information content (AvgIpc) is 3.33. The van der Waals surface area contributed by atoms with Gasteiger partial charge in [0.1, 0.15) is 11.4 Å². The lowest BCUT2D eigenvalue weighted by Crippen LogP contribution is -2.23. The van der Waals surface area contributed by atoms with Crippen molar-refractivity contribution in [3.63, 3.8) is 0 Å². The first-order valence-corrected chi connectivity index (χ1v) is 9.41. The van der Waals surface area contributed by atoms with E-state index in [1.807, 2.05) is 0 Å². The lowest BCUT2D eigenvalue weighted by Gasteiger charge is -2.18. The van der Waals surface area contributed by atoms with Crippen LogP contribution in [0.4, 0.5) is 5.82 Å². The van der Waals surface area contributed by atoms with E-state index in [0.29, 0.717) is 16.7 Å². The van der Waals surface area contributed by atoms with Gasteiger partial charge in [0, 0.05) is 30.9 Å². The quantitative estimate of drug-likeness (QED) is 0.760. The molecule has 4 heterocycles. The zero-order valence-electron chi connectivity index (χ0n) is 14.3. The van der Waals surface area contributed by atoms with E-state index in [1.165, 1.54) is 17.5 Å². The third kappa shape index (κ3) is 2.76. The molecule has 0 aromatic carbocycles. The summed E-state index contributed by atoms with van der Waals surface area (Å²) < 4.78 is 1.60.